The van der Waals surface area contributed by atoms with E-state index in [2.05, 4.69) is 15.6 Å². The third-order valence-corrected chi connectivity index (χ3v) is 4.45. The van der Waals surface area contributed by atoms with Crippen LogP contribution in [0.1, 0.15) is 21.7 Å². The van der Waals surface area contributed by atoms with Crippen LogP contribution in [-0.2, 0) is 4.74 Å². The second kappa shape index (κ2) is 5.89. The Labute approximate surface area is 138 Å². The molecule has 0 bridgehead atoms. The maximum Gasteiger partial charge on any atom is 0.337 e. The van der Waals surface area contributed by atoms with E-state index in [-0.39, 0.29) is 5.97 Å². The third kappa shape index (κ3) is 2.73. The van der Waals surface area contributed by atoms with Crippen molar-refractivity contribution in [3.05, 3.63) is 52.7 Å². The van der Waals surface area contributed by atoms with Crippen molar-refractivity contribution >= 4 is 22.4 Å². The summed E-state index contributed by atoms with van der Waals surface area (Å²) in [5, 5.41) is 2.52. The number of carbonyl (C=O) groups excluding carboxylic acids is 1. The van der Waals surface area contributed by atoms with E-state index in [0.717, 1.165) is 28.3 Å². The Morgan fingerprint density at radius 1 is 1.26 bits per heavy atom. The van der Waals surface area contributed by atoms with E-state index in [0.29, 0.717) is 10.7 Å². The standard InChI is InChI=1S/C17H17N3O2S/c1-10-8-14(15-9-23-17(18)19-15)11(2)20(10)13-6-4-12(5-7-13)16(21)22-3/h4-9H,1-3H3,(H2,18,19). The molecule has 0 aliphatic heterocycles. The van der Waals surface area contributed by atoms with Gasteiger partial charge in [-0.3, -0.25) is 0 Å². The highest BCUT2D eigenvalue weighted by atomic mass is 32.1. The van der Waals surface area contributed by atoms with Crippen molar-refractivity contribution in [1.29, 1.82) is 0 Å². The molecule has 3 rings (SSSR count). The second-order valence-corrected chi connectivity index (χ2v) is 6.12. The molecular formula is C17H17N3O2S. The lowest BCUT2D eigenvalue weighted by Crippen LogP contribution is -2.03. The van der Waals surface area contributed by atoms with Crippen LogP contribution in [0.4, 0.5) is 5.13 Å². The Kier molecular flexibility index (Phi) is 3.92. The van der Waals surface area contributed by atoms with Crippen LogP contribution in [0.25, 0.3) is 16.9 Å². The fourth-order valence-electron chi connectivity index (χ4n) is 2.70. The average molecular weight is 327 g/mol. The number of aromatic nitrogens is 2. The molecule has 0 saturated carbocycles. The predicted octanol–water partition coefficient (Wildman–Crippen LogP) is 3.59. The summed E-state index contributed by atoms with van der Waals surface area (Å²) in [6, 6.07) is 9.44. The van der Waals surface area contributed by atoms with Gasteiger partial charge in [0.15, 0.2) is 5.13 Å². The summed E-state index contributed by atoms with van der Waals surface area (Å²) in [6.45, 7) is 4.09. The van der Waals surface area contributed by atoms with Gasteiger partial charge in [-0.2, -0.15) is 0 Å². The van der Waals surface area contributed by atoms with Gasteiger partial charge in [0, 0.05) is 28.0 Å². The van der Waals surface area contributed by atoms with Gasteiger partial charge in [-0.15, -0.1) is 11.3 Å². The second-order valence-electron chi connectivity index (χ2n) is 5.23. The Morgan fingerprint density at radius 3 is 2.52 bits per heavy atom. The summed E-state index contributed by atoms with van der Waals surface area (Å²) >= 11 is 1.43. The number of carbonyl (C=O) groups is 1. The number of hydrogen-bond acceptors (Lipinski definition) is 5. The zero-order valence-electron chi connectivity index (χ0n) is 13.2. The SMILES string of the molecule is COC(=O)c1ccc(-n2c(C)cc(-c3csc(N)n3)c2C)cc1. The molecule has 0 spiro atoms. The minimum atomic E-state index is -0.337. The van der Waals surface area contributed by atoms with Crippen molar-refractivity contribution in [1.82, 2.24) is 9.55 Å². The van der Waals surface area contributed by atoms with Crippen LogP contribution in [0.15, 0.2) is 35.7 Å². The fourth-order valence-corrected chi connectivity index (χ4v) is 3.26. The Bertz CT molecular complexity index is 863. The summed E-state index contributed by atoms with van der Waals surface area (Å²) in [5.74, 6) is -0.337. The van der Waals surface area contributed by atoms with E-state index in [1.807, 2.05) is 31.4 Å². The van der Waals surface area contributed by atoms with Crippen molar-refractivity contribution in [3.8, 4) is 16.9 Å². The van der Waals surface area contributed by atoms with Gasteiger partial charge in [-0.1, -0.05) is 0 Å². The molecule has 5 nitrogen and oxygen atoms in total. The molecule has 0 amide bonds. The first-order chi connectivity index (χ1) is 11.0. The van der Waals surface area contributed by atoms with Crippen LogP contribution in [0.3, 0.4) is 0 Å². The van der Waals surface area contributed by atoms with Crippen molar-refractivity contribution in [2.45, 2.75) is 13.8 Å². The average Bonchev–Trinajstić information content (AvgIpc) is 3.10. The first kappa shape index (κ1) is 15.3. The normalized spacial score (nSPS) is 10.7. The number of rotatable bonds is 3. The highest BCUT2D eigenvalue weighted by Gasteiger charge is 2.15. The molecular weight excluding hydrogens is 310 g/mol. The van der Waals surface area contributed by atoms with Crippen molar-refractivity contribution in [2.75, 3.05) is 12.8 Å². The zero-order chi connectivity index (χ0) is 16.6. The minimum Gasteiger partial charge on any atom is -0.465 e. The Balaban J connectivity index is 2.03. The zero-order valence-corrected chi connectivity index (χ0v) is 14.0. The molecule has 6 heteroatoms. The van der Waals surface area contributed by atoms with Gasteiger partial charge in [0.2, 0.25) is 0 Å². The lowest BCUT2D eigenvalue weighted by Gasteiger charge is -2.10. The number of hydrogen-bond donors (Lipinski definition) is 1. The van der Waals surface area contributed by atoms with E-state index in [9.17, 15) is 4.79 Å². The van der Waals surface area contributed by atoms with Gasteiger partial charge in [0.25, 0.3) is 0 Å². The van der Waals surface area contributed by atoms with E-state index < -0.39 is 0 Å². The number of nitrogens with two attached hydrogens (primary N) is 1. The van der Waals surface area contributed by atoms with Crippen molar-refractivity contribution < 1.29 is 9.53 Å². The van der Waals surface area contributed by atoms with Gasteiger partial charge in [-0.05, 0) is 44.2 Å². The molecule has 3 aromatic rings. The summed E-state index contributed by atoms with van der Waals surface area (Å²) in [6.07, 6.45) is 0. The number of aryl methyl sites for hydroxylation is 1. The maximum absolute atomic E-state index is 11.5. The fraction of sp³-hybridized carbons (Fsp3) is 0.176. The Hall–Kier alpha value is -2.60. The maximum atomic E-state index is 11.5. The first-order valence-corrected chi connectivity index (χ1v) is 7.98. The van der Waals surface area contributed by atoms with Crippen LogP contribution >= 0.6 is 11.3 Å². The molecule has 0 saturated heterocycles. The minimum absolute atomic E-state index is 0.337. The van der Waals surface area contributed by atoms with Gasteiger partial charge >= 0.3 is 5.97 Å². The van der Waals surface area contributed by atoms with Gasteiger partial charge < -0.3 is 15.0 Å². The molecule has 0 aliphatic carbocycles. The topological polar surface area (TPSA) is 70.1 Å². The monoisotopic (exact) mass is 327 g/mol. The highest BCUT2D eigenvalue weighted by Crippen LogP contribution is 2.30. The summed E-state index contributed by atoms with van der Waals surface area (Å²) < 4.78 is 6.86. The van der Waals surface area contributed by atoms with Crippen LogP contribution in [0.5, 0.6) is 0 Å². The number of anilines is 1. The number of nitrogen functional groups attached to an aromatic ring is 1. The van der Waals surface area contributed by atoms with Crippen LogP contribution in [0, 0.1) is 13.8 Å². The largest absolute Gasteiger partial charge is 0.465 e. The molecule has 118 valence electrons. The summed E-state index contributed by atoms with van der Waals surface area (Å²) in [5.41, 5.74) is 11.4. The van der Waals surface area contributed by atoms with Crippen LogP contribution < -0.4 is 5.73 Å². The molecule has 0 atom stereocenters. The van der Waals surface area contributed by atoms with Crippen LogP contribution in [-0.4, -0.2) is 22.6 Å². The number of benzene rings is 1. The molecule has 2 N–H and O–H groups in total. The number of nitrogens with zero attached hydrogens (tertiary/aromatic N) is 2. The summed E-state index contributed by atoms with van der Waals surface area (Å²) in [4.78, 5) is 15.9. The van der Waals surface area contributed by atoms with Crippen LogP contribution in [0.2, 0.25) is 0 Å². The highest BCUT2D eigenvalue weighted by molar-refractivity contribution is 7.13. The van der Waals surface area contributed by atoms with Crippen molar-refractivity contribution in [3.63, 3.8) is 0 Å². The van der Waals surface area contributed by atoms with E-state index in [4.69, 9.17) is 10.5 Å². The lowest BCUT2D eigenvalue weighted by atomic mass is 10.2. The summed E-state index contributed by atoms with van der Waals surface area (Å²) in [7, 11) is 1.38. The molecule has 0 fully saturated rings. The number of thiazole rings is 1. The number of esters is 1. The molecule has 0 radical (unpaired) electrons. The van der Waals surface area contributed by atoms with E-state index >= 15 is 0 Å². The van der Waals surface area contributed by atoms with Gasteiger partial charge in [0.05, 0.1) is 18.4 Å². The lowest BCUT2D eigenvalue weighted by molar-refractivity contribution is 0.0601. The Morgan fingerprint density at radius 2 is 1.96 bits per heavy atom. The quantitative estimate of drug-likeness (QED) is 0.746. The van der Waals surface area contributed by atoms with Gasteiger partial charge in [0.1, 0.15) is 0 Å². The first-order valence-electron chi connectivity index (χ1n) is 7.10. The molecule has 1 aromatic carbocycles. The van der Waals surface area contributed by atoms with Crippen molar-refractivity contribution in [2.24, 2.45) is 0 Å². The van der Waals surface area contributed by atoms with E-state index in [1.165, 1.54) is 18.4 Å². The molecule has 2 aromatic heterocycles. The molecule has 0 unspecified atom stereocenters. The molecule has 23 heavy (non-hydrogen) atoms. The predicted molar refractivity (Wildman–Crippen MR) is 92.1 cm³/mol. The smallest absolute Gasteiger partial charge is 0.337 e. The number of ether oxygens (including phenoxy) is 1. The molecule has 2 heterocycles. The molecule has 0 aliphatic rings. The third-order valence-electron chi connectivity index (χ3n) is 3.78. The van der Waals surface area contributed by atoms with Gasteiger partial charge in [-0.25, -0.2) is 9.78 Å². The number of methoxy groups -OCH3 is 1. The van der Waals surface area contributed by atoms with E-state index in [1.54, 1.807) is 12.1 Å².